The van der Waals surface area contributed by atoms with E-state index in [9.17, 15) is 14.4 Å². The molecular formula is C7H11N3O4. The molecule has 0 aromatic rings. The zero-order chi connectivity index (χ0) is 10.9. The van der Waals surface area contributed by atoms with Gasteiger partial charge in [0.1, 0.15) is 12.1 Å². The molecule has 7 heteroatoms. The summed E-state index contributed by atoms with van der Waals surface area (Å²) in [7, 11) is 0. The van der Waals surface area contributed by atoms with Gasteiger partial charge in [-0.2, -0.15) is 0 Å². The Morgan fingerprint density at radius 1 is 1.71 bits per heavy atom. The van der Waals surface area contributed by atoms with Gasteiger partial charge in [0.05, 0.1) is 6.54 Å². The van der Waals surface area contributed by atoms with Crippen LogP contribution >= 0.6 is 0 Å². The van der Waals surface area contributed by atoms with Crippen molar-refractivity contribution in [2.45, 2.75) is 19.0 Å². The lowest BCUT2D eigenvalue weighted by molar-refractivity contribution is -0.139. The van der Waals surface area contributed by atoms with E-state index in [1.54, 1.807) is 0 Å². The van der Waals surface area contributed by atoms with Gasteiger partial charge in [-0.3, -0.25) is 14.5 Å². The van der Waals surface area contributed by atoms with Gasteiger partial charge in [-0.05, 0) is 6.92 Å². The number of carbonyl (C=O) groups is 3. The molecule has 14 heavy (non-hydrogen) atoms. The minimum atomic E-state index is -1.25. The zero-order valence-electron chi connectivity index (χ0n) is 7.56. The van der Waals surface area contributed by atoms with Gasteiger partial charge in [0, 0.05) is 0 Å². The van der Waals surface area contributed by atoms with Gasteiger partial charge >= 0.3 is 12.0 Å². The summed E-state index contributed by atoms with van der Waals surface area (Å²) < 4.78 is 0. The molecule has 0 radical (unpaired) electrons. The van der Waals surface area contributed by atoms with Crippen LogP contribution in [-0.4, -0.2) is 46.5 Å². The quantitative estimate of drug-likeness (QED) is 0.473. The summed E-state index contributed by atoms with van der Waals surface area (Å²) in [5.41, 5.74) is 5.19. The molecule has 0 saturated carbocycles. The van der Waals surface area contributed by atoms with E-state index in [-0.39, 0.29) is 6.54 Å². The van der Waals surface area contributed by atoms with Crippen molar-refractivity contribution in [1.82, 2.24) is 10.2 Å². The Balaban J connectivity index is 2.65. The predicted molar refractivity (Wildman–Crippen MR) is 45.3 cm³/mol. The number of hydrogen-bond donors (Lipinski definition) is 3. The van der Waals surface area contributed by atoms with Crippen molar-refractivity contribution in [2.24, 2.45) is 5.73 Å². The van der Waals surface area contributed by atoms with Crippen LogP contribution in [-0.2, 0) is 9.59 Å². The Morgan fingerprint density at radius 3 is 2.64 bits per heavy atom. The lowest BCUT2D eigenvalue weighted by Crippen LogP contribution is -2.45. The Kier molecular flexibility index (Phi) is 2.70. The highest BCUT2D eigenvalue weighted by molar-refractivity contribution is 6.04. The molecule has 0 spiro atoms. The van der Waals surface area contributed by atoms with Crippen LogP contribution in [0.15, 0.2) is 0 Å². The number of nitrogens with one attached hydrogen (secondary N) is 1. The maximum atomic E-state index is 11.3. The Morgan fingerprint density at radius 2 is 2.29 bits per heavy atom. The molecule has 3 amide bonds. The Labute approximate surface area is 79.9 Å². The van der Waals surface area contributed by atoms with Gasteiger partial charge in [-0.25, -0.2) is 4.79 Å². The number of carboxylic acids is 1. The molecule has 0 aromatic heterocycles. The van der Waals surface area contributed by atoms with Gasteiger partial charge in [-0.15, -0.1) is 0 Å². The molecule has 0 aliphatic carbocycles. The molecule has 1 aliphatic heterocycles. The van der Waals surface area contributed by atoms with Crippen molar-refractivity contribution >= 4 is 17.9 Å². The summed E-state index contributed by atoms with van der Waals surface area (Å²) in [4.78, 5) is 33.6. The van der Waals surface area contributed by atoms with Crippen molar-refractivity contribution < 1.29 is 19.5 Å². The molecule has 7 nitrogen and oxygen atoms in total. The smallest absolute Gasteiger partial charge is 0.324 e. The van der Waals surface area contributed by atoms with Gasteiger partial charge in [0.15, 0.2) is 0 Å². The third kappa shape index (κ3) is 1.82. The molecule has 0 aromatic carbocycles. The first-order valence-electron chi connectivity index (χ1n) is 4.03. The summed E-state index contributed by atoms with van der Waals surface area (Å²) in [5, 5.41) is 10.8. The van der Waals surface area contributed by atoms with Crippen LogP contribution in [0.4, 0.5) is 4.79 Å². The first-order valence-corrected chi connectivity index (χ1v) is 4.03. The first kappa shape index (κ1) is 10.5. The van der Waals surface area contributed by atoms with Crippen LogP contribution in [0, 0.1) is 0 Å². The summed E-state index contributed by atoms with van der Waals surface area (Å²) in [6, 6.07) is -2.45. The second kappa shape index (κ2) is 3.62. The number of hydrogen-bond acceptors (Lipinski definition) is 4. The Bertz CT molecular complexity index is 291. The van der Waals surface area contributed by atoms with Gasteiger partial charge in [0.2, 0.25) is 0 Å². The third-order valence-electron chi connectivity index (χ3n) is 1.92. The SMILES string of the molecule is CC1NC(=O)N(CC(N)C(=O)O)C1=O. The fraction of sp³-hybridized carbons (Fsp3) is 0.571. The van der Waals surface area contributed by atoms with Crippen LogP contribution in [0.2, 0.25) is 0 Å². The number of imide groups is 1. The highest BCUT2D eigenvalue weighted by Crippen LogP contribution is 2.05. The van der Waals surface area contributed by atoms with Crippen LogP contribution in [0.25, 0.3) is 0 Å². The van der Waals surface area contributed by atoms with Gasteiger partial charge in [0.25, 0.3) is 5.91 Å². The third-order valence-corrected chi connectivity index (χ3v) is 1.92. The second-order valence-electron chi connectivity index (χ2n) is 3.06. The average Bonchev–Trinajstić information content (AvgIpc) is 2.32. The van der Waals surface area contributed by atoms with E-state index >= 15 is 0 Å². The number of nitrogens with zero attached hydrogens (tertiary/aromatic N) is 1. The summed E-state index contributed by atoms with van der Waals surface area (Å²) in [6.07, 6.45) is 0. The number of carbonyl (C=O) groups excluding carboxylic acids is 2. The van der Waals surface area contributed by atoms with E-state index in [0.29, 0.717) is 0 Å². The zero-order valence-corrected chi connectivity index (χ0v) is 7.56. The summed E-state index contributed by atoms with van der Waals surface area (Å²) >= 11 is 0. The van der Waals surface area contributed by atoms with Crippen molar-refractivity contribution in [1.29, 1.82) is 0 Å². The van der Waals surface area contributed by atoms with E-state index in [1.807, 2.05) is 0 Å². The number of urea groups is 1. The fourth-order valence-corrected chi connectivity index (χ4v) is 1.11. The lowest BCUT2D eigenvalue weighted by Gasteiger charge is -2.14. The molecule has 1 aliphatic rings. The lowest BCUT2D eigenvalue weighted by atomic mass is 10.3. The topological polar surface area (TPSA) is 113 Å². The van der Waals surface area contributed by atoms with E-state index < -0.39 is 30.0 Å². The fourth-order valence-electron chi connectivity index (χ4n) is 1.11. The van der Waals surface area contributed by atoms with Gasteiger partial charge < -0.3 is 16.2 Å². The molecule has 2 unspecified atom stereocenters. The standard InChI is InChI=1S/C7H11N3O4/c1-3-5(11)10(7(14)9-3)2-4(8)6(12)13/h3-4H,2,8H2,1H3,(H,9,14)(H,12,13). The van der Waals surface area contributed by atoms with Crippen molar-refractivity contribution in [3.05, 3.63) is 0 Å². The molecule has 1 heterocycles. The maximum Gasteiger partial charge on any atom is 0.324 e. The van der Waals surface area contributed by atoms with Crippen LogP contribution in [0.5, 0.6) is 0 Å². The number of rotatable bonds is 3. The van der Waals surface area contributed by atoms with E-state index in [4.69, 9.17) is 10.8 Å². The number of amides is 3. The number of carboxylic acid groups (broad SMARTS) is 1. The van der Waals surface area contributed by atoms with Crippen LogP contribution in [0.1, 0.15) is 6.92 Å². The molecule has 4 N–H and O–H groups in total. The predicted octanol–water partition coefficient (Wildman–Crippen LogP) is -1.66. The summed E-state index contributed by atoms with van der Waals surface area (Å²) in [6.45, 7) is 1.22. The van der Waals surface area contributed by atoms with E-state index in [2.05, 4.69) is 5.32 Å². The monoisotopic (exact) mass is 201 g/mol. The van der Waals surface area contributed by atoms with Crippen LogP contribution in [0.3, 0.4) is 0 Å². The molecule has 78 valence electrons. The molecule has 1 saturated heterocycles. The Hall–Kier alpha value is -1.63. The van der Waals surface area contributed by atoms with Crippen LogP contribution < -0.4 is 11.1 Å². The summed E-state index contributed by atoms with van der Waals surface area (Å²) in [5.74, 6) is -1.70. The normalized spacial score (nSPS) is 23.6. The number of aliphatic carboxylic acids is 1. The highest BCUT2D eigenvalue weighted by Gasteiger charge is 2.36. The maximum absolute atomic E-state index is 11.3. The highest BCUT2D eigenvalue weighted by atomic mass is 16.4. The molecule has 1 fully saturated rings. The molecule has 2 atom stereocenters. The van der Waals surface area contributed by atoms with Gasteiger partial charge in [-0.1, -0.05) is 0 Å². The van der Waals surface area contributed by atoms with Crippen molar-refractivity contribution in [3.8, 4) is 0 Å². The van der Waals surface area contributed by atoms with Crippen molar-refractivity contribution in [3.63, 3.8) is 0 Å². The first-order chi connectivity index (χ1) is 6.43. The van der Waals surface area contributed by atoms with E-state index in [0.717, 1.165) is 4.90 Å². The minimum Gasteiger partial charge on any atom is -0.480 e. The molecule has 1 rings (SSSR count). The minimum absolute atomic E-state index is 0.301. The molecule has 0 bridgehead atoms. The largest absolute Gasteiger partial charge is 0.480 e. The van der Waals surface area contributed by atoms with Crippen molar-refractivity contribution in [2.75, 3.05) is 6.54 Å². The second-order valence-corrected chi connectivity index (χ2v) is 3.06. The molecular weight excluding hydrogens is 190 g/mol. The number of nitrogens with two attached hydrogens (primary N) is 1. The van der Waals surface area contributed by atoms with E-state index in [1.165, 1.54) is 6.92 Å². The average molecular weight is 201 g/mol.